The molecule has 0 radical (unpaired) electrons. The molecule has 0 fully saturated rings. The van der Waals surface area contributed by atoms with E-state index < -0.39 is 0 Å². The molecule has 1 aromatic carbocycles. The molecule has 0 aliphatic rings. The highest BCUT2D eigenvalue weighted by molar-refractivity contribution is 5.84. The lowest BCUT2D eigenvalue weighted by molar-refractivity contribution is 0.298. The minimum absolute atomic E-state index is 0.0629. The molecule has 0 unspecified atom stereocenters. The van der Waals surface area contributed by atoms with Crippen LogP contribution < -0.4 is 5.56 Å². The van der Waals surface area contributed by atoms with E-state index in [0.29, 0.717) is 23.3 Å². The second kappa shape index (κ2) is 5.91. The second-order valence-corrected chi connectivity index (χ2v) is 6.50. The Morgan fingerprint density at radius 2 is 1.71 bits per heavy atom. The fraction of sp³-hybridized carbons (Fsp3) is 0.368. The summed E-state index contributed by atoms with van der Waals surface area (Å²) in [6.45, 7) is 9.98. The summed E-state index contributed by atoms with van der Waals surface area (Å²) in [7, 11) is 0. The zero-order chi connectivity index (χ0) is 17.6. The molecule has 0 atom stereocenters. The number of rotatable bonds is 3. The van der Waals surface area contributed by atoms with Crippen molar-refractivity contribution in [2.45, 2.75) is 41.0 Å². The Balaban J connectivity index is 2.40. The molecule has 0 aliphatic heterocycles. The SMILES string of the molecule is Cc1cc(C)c(-c2c(C)[nH]n3c(=O)c(CCO)c(C)nc23)c(C)c1. The number of benzene rings is 1. The number of aromatic nitrogens is 3. The Morgan fingerprint density at radius 3 is 2.29 bits per heavy atom. The Morgan fingerprint density at radius 1 is 1.08 bits per heavy atom. The first-order chi connectivity index (χ1) is 11.3. The predicted molar refractivity (Wildman–Crippen MR) is 95.7 cm³/mol. The van der Waals surface area contributed by atoms with Gasteiger partial charge in [0.2, 0.25) is 0 Å². The molecular weight excluding hydrogens is 302 g/mol. The zero-order valence-electron chi connectivity index (χ0n) is 14.8. The monoisotopic (exact) mass is 325 g/mol. The molecule has 126 valence electrons. The highest BCUT2D eigenvalue weighted by Gasteiger charge is 2.19. The van der Waals surface area contributed by atoms with Crippen LogP contribution in [0.3, 0.4) is 0 Å². The standard InChI is InChI=1S/C19H23N3O2/c1-10-8-11(2)16(12(3)9-10)17-14(5)21-22-18(17)20-13(4)15(6-7-23)19(22)24/h8-9,21,23H,6-7H2,1-5H3. The van der Waals surface area contributed by atoms with Crippen LogP contribution >= 0.6 is 0 Å². The minimum Gasteiger partial charge on any atom is -0.396 e. The van der Waals surface area contributed by atoms with Gasteiger partial charge in [-0.05, 0) is 51.3 Å². The fourth-order valence-electron chi connectivity index (χ4n) is 3.60. The number of nitrogens with one attached hydrogen (secondary N) is 1. The van der Waals surface area contributed by atoms with Crippen molar-refractivity contribution in [3.8, 4) is 11.1 Å². The molecule has 5 nitrogen and oxygen atoms in total. The highest BCUT2D eigenvalue weighted by Crippen LogP contribution is 2.33. The Bertz CT molecular complexity index is 973. The van der Waals surface area contributed by atoms with Gasteiger partial charge >= 0.3 is 0 Å². The van der Waals surface area contributed by atoms with Gasteiger partial charge in [-0.25, -0.2) is 9.50 Å². The number of nitrogens with zero attached hydrogens (tertiary/aromatic N) is 2. The zero-order valence-corrected chi connectivity index (χ0v) is 14.8. The summed E-state index contributed by atoms with van der Waals surface area (Å²) in [6.07, 6.45) is 0.316. The fourth-order valence-corrected chi connectivity index (χ4v) is 3.60. The molecule has 2 aromatic heterocycles. The van der Waals surface area contributed by atoms with Gasteiger partial charge in [-0.2, -0.15) is 0 Å². The van der Waals surface area contributed by atoms with Gasteiger partial charge < -0.3 is 5.11 Å². The maximum Gasteiger partial charge on any atom is 0.276 e. The van der Waals surface area contributed by atoms with Crippen molar-refractivity contribution >= 4 is 5.65 Å². The van der Waals surface area contributed by atoms with E-state index >= 15 is 0 Å². The molecule has 2 heterocycles. The third kappa shape index (κ3) is 2.45. The van der Waals surface area contributed by atoms with E-state index in [1.807, 2.05) is 13.8 Å². The van der Waals surface area contributed by atoms with Crippen LogP contribution in [0.1, 0.15) is 33.6 Å². The molecule has 5 heteroatoms. The average molecular weight is 325 g/mol. The molecule has 24 heavy (non-hydrogen) atoms. The first kappa shape index (κ1) is 16.5. The quantitative estimate of drug-likeness (QED) is 0.778. The van der Waals surface area contributed by atoms with E-state index in [4.69, 9.17) is 0 Å². The lowest BCUT2D eigenvalue weighted by atomic mass is 9.94. The maximum absolute atomic E-state index is 12.7. The van der Waals surface area contributed by atoms with Crippen LogP contribution in [0.15, 0.2) is 16.9 Å². The maximum atomic E-state index is 12.7. The van der Waals surface area contributed by atoms with Gasteiger partial charge in [0, 0.05) is 35.5 Å². The van der Waals surface area contributed by atoms with E-state index in [9.17, 15) is 9.90 Å². The molecule has 0 amide bonds. The molecule has 0 saturated heterocycles. The van der Waals surface area contributed by atoms with Gasteiger partial charge in [0.05, 0.1) is 0 Å². The van der Waals surface area contributed by atoms with Crippen LogP contribution in [0, 0.1) is 34.6 Å². The summed E-state index contributed by atoms with van der Waals surface area (Å²) in [5, 5.41) is 12.3. The Labute approximate surface area is 141 Å². The van der Waals surface area contributed by atoms with Crippen LogP contribution in [0.2, 0.25) is 0 Å². The average Bonchev–Trinajstić information content (AvgIpc) is 2.80. The van der Waals surface area contributed by atoms with Crippen molar-refractivity contribution in [2.24, 2.45) is 0 Å². The van der Waals surface area contributed by atoms with Crippen LogP contribution in [0.25, 0.3) is 16.8 Å². The number of hydrogen-bond acceptors (Lipinski definition) is 3. The van der Waals surface area contributed by atoms with E-state index in [-0.39, 0.29) is 12.2 Å². The summed E-state index contributed by atoms with van der Waals surface area (Å²) < 4.78 is 1.50. The molecular formula is C19H23N3O2. The smallest absolute Gasteiger partial charge is 0.276 e. The number of hydrogen-bond donors (Lipinski definition) is 2. The number of aryl methyl sites for hydroxylation is 5. The lowest BCUT2D eigenvalue weighted by Crippen LogP contribution is -2.22. The first-order valence-electron chi connectivity index (χ1n) is 8.15. The lowest BCUT2D eigenvalue weighted by Gasteiger charge is -2.11. The van der Waals surface area contributed by atoms with Crippen molar-refractivity contribution < 1.29 is 5.11 Å². The van der Waals surface area contributed by atoms with Crippen molar-refractivity contribution in [2.75, 3.05) is 6.61 Å². The summed E-state index contributed by atoms with van der Waals surface area (Å²) >= 11 is 0. The van der Waals surface area contributed by atoms with Crippen LogP contribution in [0.4, 0.5) is 0 Å². The van der Waals surface area contributed by atoms with Gasteiger partial charge in [0.1, 0.15) is 0 Å². The van der Waals surface area contributed by atoms with E-state index in [1.165, 1.54) is 21.2 Å². The molecule has 0 bridgehead atoms. The number of aliphatic hydroxyl groups excluding tert-OH is 1. The third-order valence-corrected chi connectivity index (χ3v) is 4.55. The summed E-state index contributed by atoms with van der Waals surface area (Å²) in [5.41, 5.74) is 8.31. The van der Waals surface area contributed by atoms with Gasteiger partial charge in [-0.1, -0.05) is 17.7 Å². The summed E-state index contributed by atoms with van der Waals surface area (Å²) in [6, 6.07) is 4.30. The molecule has 0 spiro atoms. The molecule has 0 saturated carbocycles. The van der Waals surface area contributed by atoms with Gasteiger partial charge in [-0.15, -0.1) is 0 Å². The number of aliphatic hydroxyl groups is 1. The number of aromatic amines is 1. The highest BCUT2D eigenvalue weighted by atomic mass is 16.3. The van der Waals surface area contributed by atoms with E-state index in [1.54, 1.807) is 0 Å². The summed E-state index contributed by atoms with van der Waals surface area (Å²) in [4.78, 5) is 17.4. The van der Waals surface area contributed by atoms with Crippen LogP contribution in [0.5, 0.6) is 0 Å². The van der Waals surface area contributed by atoms with Gasteiger partial charge in [0.25, 0.3) is 5.56 Å². The van der Waals surface area contributed by atoms with E-state index in [0.717, 1.165) is 16.8 Å². The molecule has 0 aliphatic carbocycles. The number of fused-ring (bicyclic) bond motifs is 1. The second-order valence-electron chi connectivity index (χ2n) is 6.50. The first-order valence-corrected chi connectivity index (χ1v) is 8.15. The topological polar surface area (TPSA) is 70.4 Å². The molecule has 2 N–H and O–H groups in total. The largest absolute Gasteiger partial charge is 0.396 e. The molecule has 3 aromatic rings. The Hall–Kier alpha value is -2.40. The normalized spacial score (nSPS) is 11.4. The van der Waals surface area contributed by atoms with Crippen LogP contribution in [-0.4, -0.2) is 26.3 Å². The molecule has 3 rings (SSSR count). The Kier molecular flexibility index (Phi) is 4.05. The van der Waals surface area contributed by atoms with Crippen molar-refractivity contribution in [3.63, 3.8) is 0 Å². The number of H-pyrrole nitrogens is 1. The van der Waals surface area contributed by atoms with Crippen LogP contribution in [-0.2, 0) is 6.42 Å². The van der Waals surface area contributed by atoms with Gasteiger partial charge in [0.15, 0.2) is 5.65 Å². The predicted octanol–water partition coefficient (Wildman–Crippen LogP) is 2.77. The van der Waals surface area contributed by atoms with E-state index in [2.05, 4.69) is 43.0 Å². The van der Waals surface area contributed by atoms with Gasteiger partial charge in [-0.3, -0.25) is 9.89 Å². The van der Waals surface area contributed by atoms with Crippen molar-refractivity contribution in [3.05, 3.63) is 56.1 Å². The minimum atomic E-state index is -0.136. The van der Waals surface area contributed by atoms with Crippen molar-refractivity contribution in [1.82, 2.24) is 14.6 Å². The summed E-state index contributed by atoms with van der Waals surface area (Å²) in [5.74, 6) is 0. The third-order valence-electron chi connectivity index (χ3n) is 4.55. The van der Waals surface area contributed by atoms with Crippen molar-refractivity contribution in [1.29, 1.82) is 0 Å².